The van der Waals surface area contributed by atoms with Crippen molar-refractivity contribution in [2.45, 2.75) is 237 Å². The number of carbonyl (C=O) groups excluding carboxylic acids is 1. The third-order valence-electron chi connectivity index (χ3n) is 11.2. The monoisotopic (exact) mass is 861 g/mol. The van der Waals surface area contributed by atoms with Crippen molar-refractivity contribution in [3.8, 4) is 0 Å². The molecule has 1 saturated heterocycles. The normalized spacial score (nSPS) is 20.4. The fraction of sp³-hybridized carbons (Fsp3) is 0.788. The highest BCUT2D eigenvalue weighted by Gasteiger charge is 2.44. The third-order valence-corrected chi connectivity index (χ3v) is 11.2. The van der Waals surface area contributed by atoms with Crippen molar-refractivity contribution in [3.63, 3.8) is 0 Å². The van der Waals surface area contributed by atoms with E-state index in [1.807, 2.05) is 0 Å². The number of aliphatic hydroxyl groups excluding tert-OH is 4. The standard InChI is InChI=1S/C52H92O9/c1-3-5-7-9-11-13-15-17-18-19-20-21-22-23-24-25-26-27-28-29-31-33-35-37-39-41-48(54)60-46(45-59-52-51(57)50(56)49(55)47(43-53)61-52)44-58-42-40-38-36-34-32-30-16-14-12-10-8-6-4-2/h5,7,11,13,17-18,20-21,23-24,46-47,49-53,55-57H,3-4,6,8-10,12,14-16,19,22,25-45H2,1-2H3/b7-5-,13-11-,18-17-,21-20-,24-23-. The van der Waals surface area contributed by atoms with Gasteiger partial charge in [-0.2, -0.15) is 0 Å². The van der Waals surface area contributed by atoms with Crippen LogP contribution < -0.4 is 0 Å². The van der Waals surface area contributed by atoms with Crippen molar-refractivity contribution in [1.29, 1.82) is 0 Å². The van der Waals surface area contributed by atoms with Gasteiger partial charge >= 0.3 is 5.97 Å². The van der Waals surface area contributed by atoms with E-state index in [4.69, 9.17) is 18.9 Å². The lowest BCUT2D eigenvalue weighted by molar-refractivity contribution is -0.305. The Hall–Kier alpha value is -2.11. The first-order valence-electron chi connectivity index (χ1n) is 24.9. The van der Waals surface area contributed by atoms with Crippen LogP contribution in [0.15, 0.2) is 60.8 Å². The predicted molar refractivity (Wildman–Crippen MR) is 251 cm³/mol. The molecule has 61 heavy (non-hydrogen) atoms. The fourth-order valence-electron chi connectivity index (χ4n) is 7.34. The molecule has 9 heteroatoms. The van der Waals surface area contributed by atoms with Gasteiger partial charge in [0, 0.05) is 13.0 Å². The molecule has 354 valence electrons. The molecule has 4 N–H and O–H groups in total. The average molecular weight is 861 g/mol. The molecule has 1 aliphatic rings. The Kier molecular flexibility index (Phi) is 40.3. The van der Waals surface area contributed by atoms with E-state index in [2.05, 4.69) is 74.6 Å². The molecule has 1 heterocycles. The largest absolute Gasteiger partial charge is 0.457 e. The highest BCUT2D eigenvalue weighted by Crippen LogP contribution is 2.23. The molecule has 0 radical (unpaired) electrons. The topological polar surface area (TPSA) is 135 Å². The molecule has 6 unspecified atom stereocenters. The maximum absolute atomic E-state index is 12.8. The SMILES string of the molecule is CC/C=C\C/C=C\C/C=C\C/C=C\C/C=C\CCCCCCCCCCCC(=O)OC(COCCCCCCCCCCCCCCC)COC1OC(CO)C(O)C(O)C1O. The summed E-state index contributed by atoms with van der Waals surface area (Å²) in [6.07, 6.45) is 48.2. The molecule has 0 aromatic rings. The van der Waals surface area contributed by atoms with Crippen LogP contribution in [-0.4, -0.2) is 89.6 Å². The fourth-order valence-corrected chi connectivity index (χ4v) is 7.34. The Labute approximate surface area is 373 Å². The van der Waals surface area contributed by atoms with Crippen LogP contribution >= 0.6 is 0 Å². The van der Waals surface area contributed by atoms with Crippen LogP contribution in [0.3, 0.4) is 0 Å². The number of aliphatic hydroxyl groups is 4. The van der Waals surface area contributed by atoms with Crippen LogP contribution in [0.2, 0.25) is 0 Å². The summed E-state index contributed by atoms with van der Waals surface area (Å²) in [4.78, 5) is 12.8. The molecular formula is C52H92O9. The lowest BCUT2D eigenvalue weighted by atomic mass is 9.99. The Morgan fingerprint density at radius 1 is 0.541 bits per heavy atom. The lowest BCUT2D eigenvalue weighted by Gasteiger charge is -2.39. The maximum atomic E-state index is 12.8. The molecule has 6 atom stereocenters. The number of hydrogen-bond donors (Lipinski definition) is 4. The smallest absolute Gasteiger partial charge is 0.306 e. The highest BCUT2D eigenvalue weighted by molar-refractivity contribution is 5.69. The summed E-state index contributed by atoms with van der Waals surface area (Å²) in [6, 6.07) is 0. The number of esters is 1. The molecule has 1 fully saturated rings. The molecular weight excluding hydrogens is 769 g/mol. The van der Waals surface area contributed by atoms with Gasteiger partial charge in [0.1, 0.15) is 30.5 Å². The number of rotatable bonds is 42. The van der Waals surface area contributed by atoms with Crippen molar-refractivity contribution in [3.05, 3.63) is 60.8 Å². The Balaban J connectivity index is 2.20. The molecule has 0 spiro atoms. The zero-order valence-electron chi connectivity index (χ0n) is 38.9. The first-order chi connectivity index (χ1) is 29.9. The molecule has 0 bridgehead atoms. The van der Waals surface area contributed by atoms with Crippen LogP contribution in [0.25, 0.3) is 0 Å². The number of ether oxygens (including phenoxy) is 4. The molecule has 0 aromatic carbocycles. The second-order valence-electron chi connectivity index (χ2n) is 16.9. The molecule has 1 rings (SSSR count). The van der Waals surface area contributed by atoms with E-state index in [0.717, 1.165) is 70.6 Å². The molecule has 0 amide bonds. The van der Waals surface area contributed by atoms with Crippen LogP contribution in [0, 0.1) is 0 Å². The van der Waals surface area contributed by atoms with Crippen molar-refractivity contribution in [2.24, 2.45) is 0 Å². The average Bonchev–Trinajstić information content (AvgIpc) is 3.26. The minimum atomic E-state index is -1.54. The van der Waals surface area contributed by atoms with Gasteiger partial charge in [-0.3, -0.25) is 4.79 Å². The second-order valence-corrected chi connectivity index (χ2v) is 16.9. The van der Waals surface area contributed by atoms with Crippen molar-refractivity contribution >= 4 is 5.97 Å². The Morgan fingerprint density at radius 3 is 1.51 bits per heavy atom. The summed E-state index contributed by atoms with van der Waals surface area (Å²) in [5, 5.41) is 40.2. The summed E-state index contributed by atoms with van der Waals surface area (Å²) in [5.41, 5.74) is 0. The zero-order chi connectivity index (χ0) is 44.3. The van der Waals surface area contributed by atoms with Crippen molar-refractivity contribution in [1.82, 2.24) is 0 Å². The van der Waals surface area contributed by atoms with Gasteiger partial charge in [0.15, 0.2) is 6.29 Å². The van der Waals surface area contributed by atoms with Gasteiger partial charge in [-0.1, -0.05) is 197 Å². The Morgan fingerprint density at radius 2 is 1.00 bits per heavy atom. The quantitative estimate of drug-likeness (QED) is 0.0269. The third kappa shape index (κ3) is 34.0. The van der Waals surface area contributed by atoms with E-state index in [9.17, 15) is 25.2 Å². The predicted octanol–water partition coefficient (Wildman–Crippen LogP) is 11.9. The van der Waals surface area contributed by atoms with Gasteiger partial charge in [-0.05, 0) is 57.8 Å². The second kappa shape index (κ2) is 43.2. The van der Waals surface area contributed by atoms with Crippen LogP contribution in [0.5, 0.6) is 0 Å². The number of allylic oxidation sites excluding steroid dienone is 10. The van der Waals surface area contributed by atoms with E-state index in [1.54, 1.807) is 0 Å². The number of unbranched alkanes of at least 4 members (excludes halogenated alkanes) is 21. The van der Waals surface area contributed by atoms with Gasteiger partial charge < -0.3 is 39.4 Å². The van der Waals surface area contributed by atoms with E-state index in [-0.39, 0.29) is 19.2 Å². The maximum Gasteiger partial charge on any atom is 0.306 e. The first-order valence-corrected chi connectivity index (χ1v) is 24.9. The summed E-state index contributed by atoms with van der Waals surface area (Å²) in [6.45, 7) is 4.45. The van der Waals surface area contributed by atoms with Gasteiger partial charge in [0.2, 0.25) is 0 Å². The lowest BCUT2D eigenvalue weighted by Crippen LogP contribution is -2.59. The minimum absolute atomic E-state index is 0.116. The first kappa shape index (κ1) is 56.9. The van der Waals surface area contributed by atoms with Gasteiger partial charge in [0.25, 0.3) is 0 Å². The van der Waals surface area contributed by atoms with E-state index < -0.39 is 43.4 Å². The summed E-state index contributed by atoms with van der Waals surface area (Å²) in [5.74, 6) is -0.320. The number of carbonyl (C=O) groups is 1. The number of hydrogen-bond acceptors (Lipinski definition) is 9. The molecule has 0 aliphatic carbocycles. The van der Waals surface area contributed by atoms with E-state index in [0.29, 0.717) is 13.0 Å². The molecule has 0 saturated carbocycles. The minimum Gasteiger partial charge on any atom is -0.457 e. The Bertz CT molecular complexity index is 1120. The molecule has 0 aromatic heterocycles. The highest BCUT2D eigenvalue weighted by atomic mass is 16.7. The van der Waals surface area contributed by atoms with Gasteiger partial charge in [-0.15, -0.1) is 0 Å². The van der Waals surface area contributed by atoms with Crippen LogP contribution in [0.1, 0.15) is 200 Å². The van der Waals surface area contributed by atoms with Gasteiger partial charge in [-0.25, -0.2) is 0 Å². The summed E-state index contributed by atoms with van der Waals surface area (Å²) in [7, 11) is 0. The summed E-state index contributed by atoms with van der Waals surface area (Å²) >= 11 is 0. The van der Waals surface area contributed by atoms with Crippen LogP contribution in [0.4, 0.5) is 0 Å². The van der Waals surface area contributed by atoms with Crippen molar-refractivity contribution < 1.29 is 44.2 Å². The van der Waals surface area contributed by atoms with E-state index >= 15 is 0 Å². The summed E-state index contributed by atoms with van der Waals surface area (Å²) < 4.78 is 22.9. The van der Waals surface area contributed by atoms with Crippen LogP contribution in [-0.2, 0) is 23.7 Å². The molecule has 9 nitrogen and oxygen atoms in total. The molecule has 1 aliphatic heterocycles. The van der Waals surface area contributed by atoms with Gasteiger partial charge in [0.05, 0.1) is 19.8 Å². The van der Waals surface area contributed by atoms with E-state index in [1.165, 1.54) is 109 Å². The zero-order valence-corrected chi connectivity index (χ0v) is 38.9. The van der Waals surface area contributed by atoms with Crippen molar-refractivity contribution in [2.75, 3.05) is 26.4 Å².